The first-order chi connectivity index (χ1) is 20.3. The minimum Gasteiger partial charge on any atom is -0.487 e. The van der Waals surface area contributed by atoms with Crippen molar-refractivity contribution in [2.75, 3.05) is 50.1 Å². The van der Waals surface area contributed by atoms with E-state index in [4.69, 9.17) is 9.47 Å². The summed E-state index contributed by atoms with van der Waals surface area (Å²) in [5, 5.41) is 11.6. The van der Waals surface area contributed by atoms with Crippen LogP contribution >= 0.6 is 0 Å². The second-order valence-electron chi connectivity index (χ2n) is 11.7. The fraction of sp³-hybridized carbons (Fsp3) is 0.467. The molecule has 1 N–H and O–H groups in total. The van der Waals surface area contributed by atoms with Crippen LogP contribution < -0.4 is 15.0 Å². The summed E-state index contributed by atoms with van der Waals surface area (Å²) >= 11 is 0. The molecule has 220 valence electrons. The minimum atomic E-state index is -0.477. The van der Waals surface area contributed by atoms with Gasteiger partial charge in [0.2, 0.25) is 5.91 Å². The van der Waals surface area contributed by atoms with Crippen LogP contribution in [0.5, 0.6) is 5.75 Å². The van der Waals surface area contributed by atoms with E-state index in [0.29, 0.717) is 47.6 Å². The Morgan fingerprint density at radius 3 is 2.83 bits per heavy atom. The molecule has 2 saturated heterocycles. The van der Waals surface area contributed by atoms with Gasteiger partial charge < -0.3 is 24.6 Å². The fourth-order valence-electron chi connectivity index (χ4n) is 5.95. The van der Waals surface area contributed by atoms with Gasteiger partial charge in [0.05, 0.1) is 36.4 Å². The Kier molecular flexibility index (Phi) is 6.82. The molecule has 4 aromatic rings. The molecular formula is C30H35FN8O3. The van der Waals surface area contributed by atoms with E-state index in [1.807, 2.05) is 19.3 Å². The Bertz CT molecular complexity index is 1620. The zero-order valence-electron chi connectivity index (χ0n) is 24.0. The number of anilines is 2. The van der Waals surface area contributed by atoms with Crippen LogP contribution in [0.2, 0.25) is 0 Å². The van der Waals surface area contributed by atoms with Crippen LogP contribution in [-0.2, 0) is 16.6 Å². The maximum atomic E-state index is 15.4. The summed E-state index contributed by atoms with van der Waals surface area (Å²) in [7, 11) is 3.80. The third-order valence-electron chi connectivity index (χ3n) is 8.66. The molecule has 0 aromatic carbocycles. The zero-order chi connectivity index (χ0) is 29.0. The number of rotatable bonds is 8. The van der Waals surface area contributed by atoms with Crippen LogP contribution in [0.1, 0.15) is 31.4 Å². The van der Waals surface area contributed by atoms with Gasteiger partial charge >= 0.3 is 0 Å². The van der Waals surface area contributed by atoms with E-state index >= 15 is 4.39 Å². The summed E-state index contributed by atoms with van der Waals surface area (Å²) in [5.74, 6) is 0.199. The average Bonchev–Trinajstić information content (AvgIpc) is 3.56. The van der Waals surface area contributed by atoms with Gasteiger partial charge in [-0.25, -0.2) is 8.91 Å². The number of fused-ring (bicyclic) bond motifs is 1. The SMILES string of the molecule is C[C@@H]1CCN1c1ccc([C@@H]2C[C@@H]2C(=O)Nc2cc3cc(-c4c(OC[C@H]5CN(C)CCO5)cnn4C)c(F)cn3n2)nc1. The van der Waals surface area contributed by atoms with Gasteiger partial charge in [0.25, 0.3) is 0 Å². The van der Waals surface area contributed by atoms with Gasteiger partial charge in [0.1, 0.15) is 18.4 Å². The monoisotopic (exact) mass is 574 g/mol. The number of amides is 1. The maximum absolute atomic E-state index is 15.4. The van der Waals surface area contributed by atoms with E-state index in [1.54, 1.807) is 30.1 Å². The Labute approximate surface area is 243 Å². The van der Waals surface area contributed by atoms with Crippen molar-refractivity contribution in [3.8, 4) is 17.0 Å². The van der Waals surface area contributed by atoms with Crippen LogP contribution in [-0.4, -0.2) is 87.2 Å². The molecular weight excluding hydrogens is 539 g/mol. The summed E-state index contributed by atoms with van der Waals surface area (Å²) in [6.45, 7) is 5.92. The molecule has 3 fully saturated rings. The normalized spacial score (nSPS) is 24.0. The molecule has 0 bridgehead atoms. The molecule has 42 heavy (non-hydrogen) atoms. The fourth-order valence-corrected chi connectivity index (χ4v) is 5.95. The van der Waals surface area contributed by atoms with Crippen molar-refractivity contribution < 1.29 is 18.7 Å². The highest BCUT2D eigenvalue weighted by atomic mass is 19.1. The highest BCUT2D eigenvalue weighted by Gasteiger charge is 2.45. The quantitative estimate of drug-likeness (QED) is 0.342. The third kappa shape index (κ3) is 5.09. The zero-order valence-corrected chi connectivity index (χ0v) is 24.0. The summed E-state index contributed by atoms with van der Waals surface area (Å²) in [6.07, 6.45) is 6.69. The Hall–Kier alpha value is -4.03. The number of carbonyl (C=O) groups excluding carboxylic acids is 1. The van der Waals surface area contributed by atoms with Gasteiger partial charge in [-0.05, 0) is 45.0 Å². The Morgan fingerprint density at radius 1 is 1.21 bits per heavy atom. The van der Waals surface area contributed by atoms with Gasteiger partial charge in [-0.15, -0.1) is 5.10 Å². The van der Waals surface area contributed by atoms with Crippen molar-refractivity contribution in [1.82, 2.24) is 29.3 Å². The number of hydrogen-bond donors (Lipinski definition) is 1. The number of morpholine rings is 1. The lowest BCUT2D eigenvalue weighted by Crippen LogP contribution is -2.45. The van der Waals surface area contributed by atoms with E-state index in [9.17, 15) is 4.79 Å². The summed E-state index contributed by atoms with van der Waals surface area (Å²) in [5.41, 5.74) is 3.56. The lowest BCUT2D eigenvalue weighted by atomic mass is 10.0. The number of pyridine rings is 2. The molecule has 1 aliphatic carbocycles. The average molecular weight is 575 g/mol. The van der Waals surface area contributed by atoms with Crippen molar-refractivity contribution in [2.45, 2.75) is 37.8 Å². The first-order valence-electron chi connectivity index (χ1n) is 14.5. The van der Waals surface area contributed by atoms with Crippen molar-refractivity contribution in [3.05, 3.63) is 54.4 Å². The molecule has 1 amide bonds. The first kappa shape index (κ1) is 26.8. The molecule has 0 radical (unpaired) electrons. The number of halogens is 1. The molecule has 0 spiro atoms. The van der Waals surface area contributed by atoms with Crippen LogP contribution in [0.15, 0.2) is 42.9 Å². The van der Waals surface area contributed by atoms with E-state index in [0.717, 1.165) is 37.4 Å². The maximum Gasteiger partial charge on any atom is 0.229 e. The summed E-state index contributed by atoms with van der Waals surface area (Å²) in [6, 6.07) is 8.11. The van der Waals surface area contributed by atoms with E-state index in [2.05, 4.69) is 43.3 Å². The van der Waals surface area contributed by atoms with E-state index in [1.165, 1.54) is 17.1 Å². The predicted octanol–water partition coefficient (Wildman–Crippen LogP) is 3.32. The Balaban J connectivity index is 1.03. The number of nitrogens with zero attached hydrogens (tertiary/aromatic N) is 7. The molecule has 7 rings (SSSR count). The molecule has 4 aromatic heterocycles. The summed E-state index contributed by atoms with van der Waals surface area (Å²) in [4.78, 5) is 22.2. The molecule has 12 heteroatoms. The van der Waals surface area contributed by atoms with Crippen molar-refractivity contribution in [1.29, 1.82) is 0 Å². The third-order valence-corrected chi connectivity index (χ3v) is 8.66. The second kappa shape index (κ2) is 10.7. The van der Waals surface area contributed by atoms with Gasteiger partial charge in [-0.1, -0.05) is 0 Å². The first-order valence-corrected chi connectivity index (χ1v) is 14.5. The number of likely N-dealkylation sites (N-methyl/N-ethyl adjacent to an activating group) is 1. The van der Waals surface area contributed by atoms with Gasteiger partial charge in [0.15, 0.2) is 17.4 Å². The highest BCUT2D eigenvalue weighted by molar-refractivity contribution is 5.95. The molecule has 6 heterocycles. The molecule has 0 unspecified atom stereocenters. The minimum absolute atomic E-state index is 0.0690. The smallest absolute Gasteiger partial charge is 0.229 e. The van der Waals surface area contributed by atoms with Crippen LogP contribution in [0.3, 0.4) is 0 Å². The number of aromatic nitrogens is 5. The second-order valence-corrected chi connectivity index (χ2v) is 11.7. The lowest BCUT2D eigenvalue weighted by molar-refractivity contribution is -0.117. The molecule has 2 aliphatic heterocycles. The predicted molar refractivity (Wildman–Crippen MR) is 155 cm³/mol. The topological polar surface area (TPSA) is 102 Å². The van der Waals surface area contributed by atoms with Crippen LogP contribution in [0, 0.1) is 11.7 Å². The van der Waals surface area contributed by atoms with E-state index in [-0.39, 0.29) is 23.8 Å². The molecule has 1 saturated carbocycles. The number of ether oxygens (including phenoxy) is 2. The molecule has 3 aliphatic rings. The van der Waals surface area contributed by atoms with Gasteiger partial charge in [-0.3, -0.25) is 14.5 Å². The van der Waals surface area contributed by atoms with Crippen molar-refractivity contribution in [3.63, 3.8) is 0 Å². The van der Waals surface area contributed by atoms with Gasteiger partial charge in [0, 0.05) is 61.9 Å². The van der Waals surface area contributed by atoms with E-state index < -0.39 is 5.82 Å². The number of hydrogen-bond acceptors (Lipinski definition) is 8. The standard InChI is InChI=1S/C30H35FN8O3/c1-18-6-7-38(18)19-4-5-26(32-13-19)22-12-23(22)30(40)34-28-11-20-10-24(25(31)16-39(20)35-28)29-27(14-33-37(29)3)42-17-21-15-36(2)8-9-41-21/h4-5,10-11,13-14,16,18,21-23H,6-9,12,15,17H2,1-3H3,(H,34,35,40)/t18-,21-,22-,23+/m1/s1. The van der Waals surface area contributed by atoms with Crippen LogP contribution in [0.25, 0.3) is 16.8 Å². The largest absolute Gasteiger partial charge is 0.487 e. The van der Waals surface area contributed by atoms with Crippen molar-refractivity contribution in [2.24, 2.45) is 13.0 Å². The lowest BCUT2D eigenvalue weighted by Gasteiger charge is -2.40. The number of aryl methyl sites for hydroxylation is 1. The Morgan fingerprint density at radius 2 is 2.10 bits per heavy atom. The molecule has 11 nitrogen and oxygen atoms in total. The van der Waals surface area contributed by atoms with Crippen LogP contribution in [0.4, 0.5) is 15.9 Å². The molecule has 4 atom stereocenters. The van der Waals surface area contributed by atoms with Crippen molar-refractivity contribution >= 4 is 22.9 Å². The number of carbonyl (C=O) groups is 1. The van der Waals surface area contributed by atoms with Gasteiger partial charge in [-0.2, -0.15) is 5.10 Å². The number of nitrogens with one attached hydrogen (secondary N) is 1. The highest BCUT2D eigenvalue weighted by Crippen LogP contribution is 2.47. The summed E-state index contributed by atoms with van der Waals surface area (Å²) < 4.78 is 30.2.